The van der Waals surface area contributed by atoms with Crippen LogP contribution in [0.1, 0.15) is 36.9 Å². The van der Waals surface area contributed by atoms with Gasteiger partial charge in [-0.1, -0.05) is 49.2 Å². The van der Waals surface area contributed by atoms with Crippen LogP contribution in [-0.2, 0) is 11.8 Å². The van der Waals surface area contributed by atoms with Crippen LogP contribution in [0.3, 0.4) is 0 Å². The van der Waals surface area contributed by atoms with Crippen molar-refractivity contribution in [3.63, 3.8) is 0 Å². The zero-order valence-electron chi connectivity index (χ0n) is 14.1. The number of nitrogens with zero attached hydrogens (tertiary/aromatic N) is 2. The van der Waals surface area contributed by atoms with Crippen molar-refractivity contribution < 1.29 is 0 Å². The van der Waals surface area contributed by atoms with Gasteiger partial charge in [0.05, 0.1) is 6.54 Å². The first kappa shape index (κ1) is 16.5. The molecule has 1 fully saturated rings. The molecule has 1 aliphatic rings. The lowest BCUT2D eigenvalue weighted by Gasteiger charge is -2.28. The monoisotopic (exact) mass is 322 g/mol. The Hall–Kier alpha value is -2.36. The molecule has 0 spiro atoms. The van der Waals surface area contributed by atoms with Crippen LogP contribution in [0, 0.1) is 0 Å². The Balaban J connectivity index is 1.56. The average molecular weight is 322 g/mol. The molecule has 0 aliphatic heterocycles. The molecule has 2 aromatic rings. The highest BCUT2D eigenvalue weighted by Crippen LogP contribution is 2.41. The minimum Gasteiger partial charge on any atom is -0.370 e. The van der Waals surface area contributed by atoms with E-state index in [-0.39, 0.29) is 5.41 Å². The van der Waals surface area contributed by atoms with Gasteiger partial charge in [-0.15, -0.1) is 0 Å². The van der Waals surface area contributed by atoms with E-state index < -0.39 is 0 Å². The number of rotatable bonds is 6. The second-order valence-electron chi connectivity index (χ2n) is 6.55. The molecule has 1 aromatic carbocycles. The van der Waals surface area contributed by atoms with E-state index >= 15 is 0 Å². The van der Waals surface area contributed by atoms with Crippen LogP contribution in [0.15, 0.2) is 59.7 Å². The minimum atomic E-state index is 0.161. The Kier molecular flexibility index (Phi) is 5.47. The zero-order valence-corrected chi connectivity index (χ0v) is 14.1. The average Bonchev–Trinajstić information content (AvgIpc) is 3.12. The summed E-state index contributed by atoms with van der Waals surface area (Å²) in [5.74, 6) is 0.535. The maximum atomic E-state index is 6.07. The van der Waals surface area contributed by atoms with Gasteiger partial charge in [-0.3, -0.25) is 9.98 Å². The van der Waals surface area contributed by atoms with Crippen LogP contribution in [-0.4, -0.2) is 24.0 Å². The Morgan fingerprint density at radius 2 is 1.83 bits per heavy atom. The molecule has 0 amide bonds. The van der Waals surface area contributed by atoms with Gasteiger partial charge in [0.15, 0.2) is 5.96 Å². The highest BCUT2D eigenvalue weighted by Gasteiger charge is 2.35. The molecule has 0 atom stereocenters. The smallest absolute Gasteiger partial charge is 0.188 e. The molecule has 4 heteroatoms. The number of hydrogen-bond donors (Lipinski definition) is 2. The van der Waals surface area contributed by atoms with Gasteiger partial charge in [0.1, 0.15) is 0 Å². The lowest BCUT2D eigenvalue weighted by Crippen LogP contribution is -2.35. The molecule has 1 aromatic heterocycles. The number of aromatic nitrogens is 1. The van der Waals surface area contributed by atoms with Crippen molar-refractivity contribution in [1.82, 2.24) is 10.3 Å². The summed E-state index contributed by atoms with van der Waals surface area (Å²) in [7, 11) is 0. The third-order valence-corrected chi connectivity index (χ3v) is 4.91. The molecule has 24 heavy (non-hydrogen) atoms. The zero-order chi connectivity index (χ0) is 16.7. The van der Waals surface area contributed by atoms with E-state index in [4.69, 9.17) is 5.73 Å². The summed E-state index contributed by atoms with van der Waals surface area (Å²) in [4.78, 5) is 8.96. The van der Waals surface area contributed by atoms with E-state index in [1.54, 1.807) is 0 Å². The summed E-state index contributed by atoms with van der Waals surface area (Å²) in [6, 6.07) is 16.7. The van der Waals surface area contributed by atoms with E-state index in [0.29, 0.717) is 5.96 Å². The van der Waals surface area contributed by atoms with Gasteiger partial charge < -0.3 is 11.1 Å². The summed E-state index contributed by atoms with van der Waals surface area (Å²) in [6.07, 6.45) is 7.61. The third-order valence-electron chi connectivity index (χ3n) is 4.91. The fraction of sp³-hybridized carbons (Fsp3) is 0.400. The molecule has 0 radical (unpaired) electrons. The molecule has 126 valence electrons. The van der Waals surface area contributed by atoms with Crippen molar-refractivity contribution in [1.29, 1.82) is 0 Å². The summed E-state index contributed by atoms with van der Waals surface area (Å²) >= 11 is 0. The number of nitrogens with two attached hydrogens (primary N) is 1. The third kappa shape index (κ3) is 4.13. The predicted molar refractivity (Wildman–Crippen MR) is 99.0 cm³/mol. The Morgan fingerprint density at radius 3 is 2.54 bits per heavy atom. The van der Waals surface area contributed by atoms with E-state index in [1.165, 1.54) is 31.2 Å². The Bertz CT molecular complexity index is 646. The van der Waals surface area contributed by atoms with Gasteiger partial charge in [-0.2, -0.15) is 0 Å². The van der Waals surface area contributed by atoms with Crippen LogP contribution in [0.25, 0.3) is 0 Å². The summed E-state index contributed by atoms with van der Waals surface area (Å²) < 4.78 is 0. The lowest BCUT2D eigenvalue weighted by molar-refractivity contribution is 0.453. The molecular formula is C20H26N4. The standard InChI is InChI=1S/C20H26N4/c21-19(23-15-11-18-10-4-7-14-22-18)24-16-20(12-5-6-13-20)17-8-2-1-3-9-17/h1-4,7-10,14H,5-6,11-13,15-16H2,(H3,21,23,24). The Labute approximate surface area is 144 Å². The van der Waals surface area contributed by atoms with Gasteiger partial charge in [-0.05, 0) is 30.5 Å². The fourth-order valence-corrected chi connectivity index (χ4v) is 3.54. The van der Waals surface area contributed by atoms with Gasteiger partial charge in [-0.25, -0.2) is 0 Å². The number of benzene rings is 1. The van der Waals surface area contributed by atoms with E-state index in [1.807, 2.05) is 24.4 Å². The highest BCUT2D eigenvalue weighted by atomic mass is 15.1. The van der Waals surface area contributed by atoms with Crippen molar-refractivity contribution in [3.8, 4) is 0 Å². The van der Waals surface area contributed by atoms with E-state index in [9.17, 15) is 0 Å². The molecule has 0 saturated heterocycles. The Morgan fingerprint density at radius 1 is 1.08 bits per heavy atom. The molecule has 1 aliphatic carbocycles. The van der Waals surface area contributed by atoms with Crippen molar-refractivity contribution in [3.05, 3.63) is 66.0 Å². The lowest BCUT2D eigenvalue weighted by atomic mass is 9.79. The maximum Gasteiger partial charge on any atom is 0.188 e. The highest BCUT2D eigenvalue weighted by molar-refractivity contribution is 5.77. The molecule has 0 bridgehead atoms. The molecule has 1 saturated carbocycles. The van der Waals surface area contributed by atoms with E-state index in [2.05, 4.69) is 45.6 Å². The molecular weight excluding hydrogens is 296 g/mol. The van der Waals surface area contributed by atoms with Gasteiger partial charge in [0, 0.05) is 30.3 Å². The first-order chi connectivity index (χ1) is 11.8. The first-order valence-electron chi connectivity index (χ1n) is 8.78. The number of aliphatic imine (C=N–C) groups is 1. The summed E-state index contributed by atoms with van der Waals surface area (Å²) in [5, 5.41) is 3.21. The van der Waals surface area contributed by atoms with Crippen molar-refractivity contribution in [2.75, 3.05) is 13.1 Å². The number of hydrogen-bond acceptors (Lipinski definition) is 2. The second kappa shape index (κ2) is 7.95. The first-order valence-corrected chi connectivity index (χ1v) is 8.78. The summed E-state index contributed by atoms with van der Waals surface area (Å²) in [5.41, 5.74) is 8.69. The van der Waals surface area contributed by atoms with Gasteiger partial charge in [0.25, 0.3) is 0 Å². The molecule has 0 unspecified atom stereocenters. The van der Waals surface area contributed by atoms with Gasteiger partial charge >= 0.3 is 0 Å². The number of guanidine groups is 1. The molecule has 3 N–H and O–H groups in total. The van der Waals surface area contributed by atoms with Crippen LogP contribution < -0.4 is 11.1 Å². The fourth-order valence-electron chi connectivity index (χ4n) is 3.54. The molecule has 1 heterocycles. The van der Waals surface area contributed by atoms with Crippen LogP contribution in [0.2, 0.25) is 0 Å². The normalized spacial score (nSPS) is 16.9. The predicted octanol–water partition coefficient (Wildman–Crippen LogP) is 3.04. The quantitative estimate of drug-likeness (QED) is 0.635. The maximum absolute atomic E-state index is 6.07. The number of pyridine rings is 1. The largest absolute Gasteiger partial charge is 0.370 e. The van der Waals surface area contributed by atoms with E-state index in [0.717, 1.165) is 25.2 Å². The SMILES string of the molecule is NC(=NCC1(c2ccccc2)CCCC1)NCCc1ccccn1. The van der Waals surface area contributed by atoms with Gasteiger partial charge in [0.2, 0.25) is 0 Å². The summed E-state index contributed by atoms with van der Waals surface area (Å²) in [6.45, 7) is 1.52. The van der Waals surface area contributed by atoms with Crippen molar-refractivity contribution in [2.24, 2.45) is 10.7 Å². The molecule has 3 rings (SSSR count). The van der Waals surface area contributed by atoms with Crippen LogP contribution in [0.4, 0.5) is 0 Å². The van der Waals surface area contributed by atoms with Crippen LogP contribution >= 0.6 is 0 Å². The van der Waals surface area contributed by atoms with Crippen LogP contribution in [0.5, 0.6) is 0 Å². The second-order valence-corrected chi connectivity index (χ2v) is 6.55. The van der Waals surface area contributed by atoms with Crippen molar-refractivity contribution >= 4 is 5.96 Å². The number of nitrogens with one attached hydrogen (secondary N) is 1. The minimum absolute atomic E-state index is 0.161. The topological polar surface area (TPSA) is 63.3 Å². The van der Waals surface area contributed by atoms with Crippen molar-refractivity contribution in [2.45, 2.75) is 37.5 Å². The molecule has 4 nitrogen and oxygen atoms in total.